The number of ether oxygens (including phenoxy) is 1. The van der Waals surface area contributed by atoms with Crippen LogP contribution in [0.5, 0.6) is 5.75 Å². The summed E-state index contributed by atoms with van der Waals surface area (Å²) in [7, 11) is 1.70. The SMILES string of the molecule is COc1ccc([C@@H]2SCc3nc4ccccc4n32)cc1. The molecule has 0 unspecified atom stereocenters. The lowest BCUT2D eigenvalue weighted by atomic mass is 10.2. The molecule has 0 amide bonds. The highest BCUT2D eigenvalue weighted by Gasteiger charge is 2.27. The zero-order chi connectivity index (χ0) is 13.5. The number of para-hydroxylation sites is 2. The molecule has 4 rings (SSSR count). The molecule has 0 fully saturated rings. The molecule has 0 bridgehead atoms. The molecule has 0 saturated carbocycles. The fourth-order valence-electron chi connectivity index (χ4n) is 2.70. The number of rotatable bonds is 2. The highest BCUT2D eigenvalue weighted by Crippen LogP contribution is 2.42. The molecule has 3 aromatic rings. The molecule has 2 aromatic carbocycles. The first-order valence-electron chi connectivity index (χ1n) is 6.58. The highest BCUT2D eigenvalue weighted by atomic mass is 32.2. The third-order valence-electron chi connectivity index (χ3n) is 3.67. The summed E-state index contributed by atoms with van der Waals surface area (Å²) in [5.74, 6) is 3.02. The second-order valence-corrected chi connectivity index (χ2v) is 5.89. The molecule has 0 N–H and O–H groups in total. The average Bonchev–Trinajstić information content (AvgIpc) is 3.06. The van der Waals surface area contributed by atoms with Gasteiger partial charge in [-0.2, -0.15) is 0 Å². The zero-order valence-corrected chi connectivity index (χ0v) is 11.9. The topological polar surface area (TPSA) is 27.1 Å². The molecule has 4 heteroatoms. The van der Waals surface area contributed by atoms with Gasteiger partial charge in [0.15, 0.2) is 0 Å². The number of imidazole rings is 1. The van der Waals surface area contributed by atoms with E-state index < -0.39 is 0 Å². The van der Waals surface area contributed by atoms with E-state index in [1.807, 2.05) is 30.0 Å². The summed E-state index contributed by atoms with van der Waals surface area (Å²) in [6.45, 7) is 0. The summed E-state index contributed by atoms with van der Waals surface area (Å²) < 4.78 is 7.58. The molecule has 0 spiro atoms. The van der Waals surface area contributed by atoms with Crippen LogP contribution in [0.3, 0.4) is 0 Å². The maximum Gasteiger partial charge on any atom is 0.121 e. The molecular weight excluding hydrogens is 268 g/mol. The monoisotopic (exact) mass is 282 g/mol. The number of fused-ring (bicyclic) bond motifs is 3. The molecule has 2 heterocycles. The number of hydrogen-bond donors (Lipinski definition) is 0. The van der Waals surface area contributed by atoms with Crippen LogP contribution in [0.1, 0.15) is 16.8 Å². The van der Waals surface area contributed by atoms with E-state index in [1.165, 1.54) is 11.1 Å². The van der Waals surface area contributed by atoms with Crippen LogP contribution < -0.4 is 4.74 Å². The van der Waals surface area contributed by atoms with E-state index >= 15 is 0 Å². The van der Waals surface area contributed by atoms with E-state index in [1.54, 1.807) is 7.11 Å². The predicted octanol–water partition coefficient (Wildman–Crippen LogP) is 3.84. The molecule has 1 atom stereocenters. The third kappa shape index (κ3) is 1.72. The number of methoxy groups -OCH3 is 1. The van der Waals surface area contributed by atoms with Gasteiger partial charge in [-0.15, -0.1) is 11.8 Å². The van der Waals surface area contributed by atoms with Crippen LogP contribution >= 0.6 is 11.8 Å². The van der Waals surface area contributed by atoms with Gasteiger partial charge in [0.05, 0.1) is 23.9 Å². The number of thioether (sulfide) groups is 1. The lowest BCUT2D eigenvalue weighted by Gasteiger charge is -2.14. The van der Waals surface area contributed by atoms with Crippen molar-refractivity contribution in [3.05, 3.63) is 59.9 Å². The van der Waals surface area contributed by atoms with Crippen molar-refractivity contribution in [3.8, 4) is 5.75 Å². The molecule has 100 valence electrons. The summed E-state index contributed by atoms with van der Waals surface area (Å²) in [4.78, 5) is 4.72. The largest absolute Gasteiger partial charge is 0.497 e. The Morgan fingerprint density at radius 3 is 2.75 bits per heavy atom. The first-order valence-corrected chi connectivity index (χ1v) is 7.63. The van der Waals surface area contributed by atoms with Crippen LogP contribution in [0.4, 0.5) is 0 Å². The van der Waals surface area contributed by atoms with Crippen molar-refractivity contribution in [3.63, 3.8) is 0 Å². The van der Waals surface area contributed by atoms with Crippen LogP contribution in [0, 0.1) is 0 Å². The molecule has 0 saturated heterocycles. The summed E-state index contributed by atoms with van der Waals surface area (Å²) >= 11 is 1.92. The van der Waals surface area contributed by atoms with Gasteiger partial charge in [-0.1, -0.05) is 24.3 Å². The number of aromatic nitrogens is 2. The summed E-state index contributed by atoms with van der Waals surface area (Å²) in [5, 5.41) is 0.309. The van der Waals surface area contributed by atoms with E-state index in [9.17, 15) is 0 Å². The lowest BCUT2D eigenvalue weighted by Crippen LogP contribution is -2.03. The van der Waals surface area contributed by atoms with Crippen LogP contribution in [0.25, 0.3) is 11.0 Å². The normalized spacial score (nSPS) is 17.4. The molecular formula is C16H14N2OS. The minimum Gasteiger partial charge on any atom is -0.497 e. The van der Waals surface area contributed by atoms with Gasteiger partial charge in [0.25, 0.3) is 0 Å². The van der Waals surface area contributed by atoms with Gasteiger partial charge >= 0.3 is 0 Å². The minimum atomic E-state index is 0.309. The molecule has 3 nitrogen and oxygen atoms in total. The molecule has 0 aliphatic carbocycles. The Balaban J connectivity index is 1.82. The summed E-state index contributed by atoms with van der Waals surface area (Å²) in [5.41, 5.74) is 3.59. The second-order valence-electron chi connectivity index (χ2n) is 4.82. The maximum atomic E-state index is 5.23. The highest BCUT2D eigenvalue weighted by molar-refractivity contribution is 7.99. The van der Waals surface area contributed by atoms with Crippen molar-refractivity contribution in [2.75, 3.05) is 7.11 Å². The number of nitrogens with zero attached hydrogens (tertiary/aromatic N) is 2. The molecule has 1 aliphatic rings. The average molecular weight is 282 g/mol. The van der Waals surface area contributed by atoms with Crippen molar-refractivity contribution < 1.29 is 4.74 Å². The first-order chi connectivity index (χ1) is 9.86. The smallest absolute Gasteiger partial charge is 0.121 e. The van der Waals surface area contributed by atoms with Gasteiger partial charge in [-0.25, -0.2) is 4.98 Å². The Morgan fingerprint density at radius 1 is 1.15 bits per heavy atom. The van der Waals surface area contributed by atoms with Gasteiger partial charge in [0.1, 0.15) is 16.9 Å². The van der Waals surface area contributed by atoms with Gasteiger partial charge in [-0.3, -0.25) is 0 Å². The standard InChI is InChI=1S/C16H14N2OS/c1-19-12-8-6-11(7-9-12)16-18-14-5-3-2-4-13(14)17-15(18)10-20-16/h2-9,16H,10H2,1H3/t16-/m0/s1. The van der Waals surface area contributed by atoms with E-state index in [4.69, 9.17) is 9.72 Å². The van der Waals surface area contributed by atoms with Gasteiger partial charge in [-0.05, 0) is 29.8 Å². The Hall–Kier alpha value is -1.94. The Bertz CT molecular complexity index is 764. The van der Waals surface area contributed by atoms with E-state index in [0.717, 1.165) is 22.8 Å². The van der Waals surface area contributed by atoms with Crippen molar-refractivity contribution >= 4 is 22.8 Å². The summed E-state index contributed by atoms with van der Waals surface area (Å²) in [6, 6.07) is 16.7. The van der Waals surface area contributed by atoms with Crippen molar-refractivity contribution in [2.45, 2.75) is 11.1 Å². The molecule has 0 radical (unpaired) electrons. The molecule has 20 heavy (non-hydrogen) atoms. The van der Waals surface area contributed by atoms with Crippen LogP contribution in [0.2, 0.25) is 0 Å². The zero-order valence-electron chi connectivity index (χ0n) is 11.1. The fraction of sp³-hybridized carbons (Fsp3) is 0.188. The van der Waals surface area contributed by atoms with Crippen LogP contribution in [-0.2, 0) is 5.75 Å². The maximum absolute atomic E-state index is 5.23. The predicted molar refractivity (Wildman–Crippen MR) is 82.2 cm³/mol. The van der Waals surface area contributed by atoms with Crippen LogP contribution in [-0.4, -0.2) is 16.7 Å². The van der Waals surface area contributed by atoms with Gasteiger partial charge in [0, 0.05) is 0 Å². The van der Waals surface area contributed by atoms with E-state index in [0.29, 0.717) is 5.37 Å². The lowest BCUT2D eigenvalue weighted by molar-refractivity contribution is 0.414. The Labute approximate surface area is 121 Å². The molecule has 1 aromatic heterocycles. The van der Waals surface area contributed by atoms with Crippen molar-refractivity contribution in [1.82, 2.24) is 9.55 Å². The second kappa shape index (κ2) is 4.56. The van der Waals surface area contributed by atoms with Crippen LogP contribution in [0.15, 0.2) is 48.5 Å². The Kier molecular flexibility index (Phi) is 2.70. The van der Waals surface area contributed by atoms with E-state index in [-0.39, 0.29) is 0 Å². The third-order valence-corrected chi connectivity index (χ3v) is 4.90. The quantitative estimate of drug-likeness (QED) is 0.714. The summed E-state index contributed by atoms with van der Waals surface area (Å²) in [6.07, 6.45) is 0. The number of hydrogen-bond acceptors (Lipinski definition) is 3. The van der Waals surface area contributed by atoms with Crippen molar-refractivity contribution in [1.29, 1.82) is 0 Å². The minimum absolute atomic E-state index is 0.309. The fourth-order valence-corrected chi connectivity index (χ4v) is 3.94. The van der Waals surface area contributed by atoms with E-state index in [2.05, 4.69) is 34.9 Å². The van der Waals surface area contributed by atoms with Gasteiger partial charge in [0.2, 0.25) is 0 Å². The van der Waals surface area contributed by atoms with Gasteiger partial charge < -0.3 is 9.30 Å². The molecule has 1 aliphatic heterocycles. The van der Waals surface area contributed by atoms with Crippen molar-refractivity contribution in [2.24, 2.45) is 0 Å². The Morgan fingerprint density at radius 2 is 1.95 bits per heavy atom. The first kappa shape index (κ1) is 11.9. The number of benzene rings is 2.